The third-order valence-electron chi connectivity index (χ3n) is 9.63. The molecule has 3 nitrogen and oxygen atoms in total. The van der Waals surface area contributed by atoms with Crippen LogP contribution in [0, 0.1) is 0 Å². The van der Waals surface area contributed by atoms with Gasteiger partial charge in [0.15, 0.2) is 17.5 Å². The average molecular weight is 646 g/mol. The first kappa shape index (κ1) is 31.2. The highest BCUT2D eigenvalue weighted by Crippen LogP contribution is 2.49. The zero-order valence-corrected chi connectivity index (χ0v) is 30.8. The van der Waals surface area contributed by atoms with E-state index in [4.69, 9.17) is 15.0 Å². The molecule has 0 aliphatic heterocycles. The van der Waals surface area contributed by atoms with Gasteiger partial charge in [-0.25, -0.2) is 15.0 Å². The van der Waals surface area contributed by atoms with Crippen LogP contribution in [-0.4, -0.2) is 31.1 Å². The van der Waals surface area contributed by atoms with Crippen LogP contribution in [-0.2, 0) is 5.41 Å². The Labute approximate surface area is 281 Å². The molecule has 234 valence electrons. The van der Waals surface area contributed by atoms with E-state index in [1.807, 2.05) is 18.2 Å². The Hall–Kier alpha value is -4.46. The monoisotopic (exact) mass is 645 g/mol. The van der Waals surface area contributed by atoms with E-state index < -0.39 is 16.1 Å². The molecule has 5 aromatic carbocycles. The summed E-state index contributed by atoms with van der Waals surface area (Å²) in [6.45, 7) is 19.2. The molecule has 1 aromatic heterocycles. The van der Waals surface area contributed by atoms with E-state index in [1.54, 1.807) is 0 Å². The molecule has 1 heterocycles. The summed E-state index contributed by atoms with van der Waals surface area (Å²) in [7, 11) is -3.19. The van der Waals surface area contributed by atoms with Gasteiger partial charge in [-0.15, -0.1) is 0 Å². The van der Waals surface area contributed by atoms with Crippen LogP contribution < -0.4 is 10.4 Å². The molecular weight excluding hydrogens is 603 g/mol. The molecule has 47 heavy (non-hydrogen) atoms. The topological polar surface area (TPSA) is 38.7 Å². The zero-order chi connectivity index (χ0) is 33.1. The van der Waals surface area contributed by atoms with Crippen molar-refractivity contribution in [3.8, 4) is 56.4 Å². The van der Waals surface area contributed by atoms with Crippen molar-refractivity contribution >= 4 is 26.5 Å². The minimum absolute atomic E-state index is 0.0491. The average Bonchev–Trinajstić information content (AvgIpc) is 3.30. The van der Waals surface area contributed by atoms with Crippen LogP contribution in [0.3, 0.4) is 0 Å². The first-order chi connectivity index (χ1) is 22.3. The van der Waals surface area contributed by atoms with Crippen molar-refractivity contribution in [3.05, 3.63) is 126 Å². The lowest BCUT2D eigenvalue weighted by atomic mass is 9.81. The molecule has 0 atom stereocenters. The molecule has 0 N–H and O–H groups in total. The Balaban J connectivity index is 1.37. The fourth-order valence-corrected chi connectivity index (χ4v) is 9.19. The maximum atomic E-state index is 5.20. The molecule has 0 saturated heterocycles. The van der Waals surface area contributed by atoms with E-state index in [9.17, 15) is 0 Å². The van der Waals surface area contributed by atoms with E-state index in [0.717, 1.165) is 28.1 Å². The molecular formula is C42H43N3Si2. The van der Waals surface area contributed by atoms with Crippen LogP contribution in [0.15, 0.2) is 115 Å². The van der Waals surface area contributed by atoms with Crippen LogP contribution in [0.4, 0.5) is 0 Å². The number of rotatable bonds is 6. The lowest BCUT2D eigenvalue weighted by molar-refractivity contribution is 0.660. The van der Waals surface area contributed by atoms with Crippen LogP contribution in [0.25, 0.3) is 56.4 Å². The highest BCUT2D eigenvalue weighted by Gasteiger charge is 2.35. The molecule has 0 saturated carbocycles. The minimum atomic E-state index is -1.60. The van der Waals surface area contributed by atoms with Crippen molar-refractivity contribution in [1.29, 1.82) is 0 Å². The van der Waals surface area contributed by atoms with E-state index in [0.29, 0.717) is 11.6 Å². The van der Waals surface area contributed by atoms with Gasteiger partial charge in [0.2, 0.25) is 0 Å². The standard InChI is InChI=1S/C42H43N3Si2/c1-42(2)37-20-13-12-19-35(37)36-22-21-30(26-38(36)42)29-17-14-18-31(23-29)40-43-39(28-15-10-9-11-16-28)44-41(45-40)32-24-33(46(3,4)5)27-34(25-32)47(6,7)8/h9-27H,1-8H3. The molecule has 0 amide bonds. The Bertz CT molecular complexity index is 2100. The summed E-state index contributed by atoms with van der Waals surface area (Å²) in [6.07, 6.45) is 0. The quantitative estimate of drug-likeness (QED) is 0.169. The predicted octanol–water partition coefficient (Wildman–Crippen LogP) is 9.94. The molecule has 0 unspecified atom stereocenters. The summed E-state index contributed by atoms with van der Waals surface area (Å²) in [6, 6.07) is 41.8. The molecule has 1 aliphatic carbocycles. The Morgan fingerprint density at radius 2 is 0.915 bits per heavy atom. The largest absolute Gasteiger partial charge is 0.208 e. The maximum Gasteiger partial charge on any atom is 0.164 e. The van der Waals surface area contributed by atoms with Crippen molar-refractivity contribution in [2.24, 2.45) is 0 Å². The molecule has 1 aliphatic rings. The second-order valence-electron chi connectivity index (χ2n) is 15.5. The normalized spacial score (nSPS) is 13.7. The van der Waals surface area contributed by atoms with Gasteiger partial charge in [-0.05, 0) is 45.5 Å². The van der Waals surface area contributed by atoms with Crippen molar-refractivity contribution < 1.29 is 0 Å². The summed E-state index contributed by atoms with van der Waals surface area (Å²) >= 11 is 0. The smallest absolute Gasteiger partial charge is 0.164 e. The van der Waals surface area contributed by atoms with E-state index >= 15 is 0 Å². The summed E-state index contributed by atoms with van der Waals surface area (Å²) in [4.78, 5) is 15.4. The van der Waals surface area contributed by atoms with E-state index in [2.05, 4.69) is 150 Å². The van der Waals surface area contributed by atoms with Gasteiger partial charge in [0, 0.05) is 22.1 Å². The van der Waals surface area contributed by atoms with Crippen LogP contribution >= 0.6 is 0 Å². The molecule has 5 heteroatoms. The molecule has 0 fully saturated rings. The van der Waals surface area contributed by atoms with Crippen molar-refractivity contribution in [1.82, 2.24) is 15.0 Å². The SMILES string of the molecule is CC1(C)c2ccccc2-c2ccc(-c3cccc(-c4nc(-c5ccccc5)nc(-c5cc([Si](C)(C)C)cc([Si](C)(C)C)c5)n4)c3)cc21. The number of nitrogens with zero attached hydrogens (tertiary/aromatic N) is 3. The summed E-state index contributed by atoms with van der Waals surface area (Å²) < 4.78 is 0. The number of fused-ring (bicyclic) bond motifs is 3. The summed E-state index contributed by atoms with van der Waals surface area (Å²) in [5, 5.41) is 2.89. The second-order valence-corrected chi connectivity index (χ2v) is 25.6. The fraction of sp³-hybridized carbons (Fsp3) is 0.214. The van der Waals surface area contributed by atoms with Gasteiger partial charge in [-0.2, -0.15) is 0 Å². The number of hydrogen-bond acceptors (Lipinski definition) is 3. The van der Waals surface area contributed by atoms with E-state index in [1.165, 1.54) is 38.2 Å². The third-order valence-corrected chi connectivity index (χ3v) is 13.7. The maximum absolute atomic E-state index is 5.20. The van der Waals surface area contributed by atoms with Gasteiger partial charge >= 0.3 is 0 Å². The molecule has 0 radical (unpaired) electrons. The van der Waals surface area contributed by atoms with Crippen LogP contribution in [0.2, 0.25) is 39.3 Å². The van der Waals surface area contributed by atoms with Crippen molar-refractivity contribution in [2.75, 3.05) is 0 Å². The van der Waals surface area contributed by atoms with Crippen LogP contribution in [0.1, 0.15) is 25.0 Å². The summed E-state index contributed by atoms with van der Waals surface area (Å²) in [5.41, 5.74) is 10.8. The molecule has 7 rings (SSSR count). The molecule has 0 bridgehead atoms. The first-order valence-electron chi connectivity index (χ1n) is 16.6. The Morgan fingerprint density at radius 3 is 1.57 bits per heavy atom. The van der Waals surface area contributed by atoms with Crippen molar-refractivity contribution in [3.63, 3.8) is 0 Å². The highest BCUT2D eigenvalue weighted by molar-refractivity contribution is 6.91. The number of aromatic nitrogens is 3. The van der Waals surface area contributed by atoms with Crippen molar-refractivity contribution in [2.45, 2.75) is 58.5 Å². The van der Waals surface area contributed by atoms with Gasteiger partial charge in [0.1, 0.15) is 0 Å². The number of benzene rings is 5. The Morgan fingerprint density at radius 1 is 0.404 bits per heavy atom. The zero-order valence-electron chi connectivity index (χ0n) is 28.8. The van der Waals surface area contributed by atoms with Gasteiger partial charge in [0.05, 0.1) is 16.1 Å². The fourth-order valence-electron chi connectivity index (χ4n) is 6.69. The van der Waals surface area contributed by atoms with Gasteiger partial charge in [-0.3, -0.25) is 0 Å². The molecule has 6 aromatic rings. The third kappa shape index (κ3) is 5.83. The predicted molar refractivity (Wildman–Crippen MR) is 205 cm³/mol. The lowest BCUT2D eigenvalue weighted by Crippen LogP contribution is -2.45. The second kappa shape index (κ2) is 11.4. The number of hydrogen-bond donors (Lipinski definition) is 0. The van der Waals surface area contributed by atoms with Gasteiger partial charge in [0.25, 0.3) is 0 Å². The van der Waals surface area contributed by atoms with E-state index in [-0.39, 0.29) is 5.41 Å². The minimum Gasteiger partial charge on any atom is -0.208 e. The first-order valence-corrected chi connectivity index (χ1v) is 23.6. The van der Waals surface area contributed by atoms with Crippen LogP contribution in [0.5, 0.6) is 0 Å². The lowest BCUT2D eigenvalue weighted by Gasteiger charge is -2.24. The summed E-state index contributed by atoms with van der Waals surface area (Å²) in [5.74, 6) is 2.12. The van der Waals surface area contributed by atoms with Gasteiger partial charge in [-0.1, -0.05) is 167 Å². The highest BCUT2D eigenvalue weighted by atomic mass is 28.3. The molecule has 0 spiro atoms. The Kier molecular flexibility index (Phi) is 7.53. The van der Waals surface area contributed by atoms with Gasteiger partial charge < -0.3 is 0 Å².